The van der Waals surface area contributed by atoms with Crippen LogP contribution in [0.25, 0.3) is 0 Å². The van der Waals surface area contributed by atoms with Crippen molar-refractivity contribution in [1.82, 2.24) is 0 Å². The Morgan fingerprint density at radius 1 is 0.617 bits per heavy atom. The Labute approximate surface area is 283 Å². The number of esters is 1. The second kappa shape index (κ2) is 13.9. The van der Waals surface area contributed by atoms with E-state index in [9.17, 15) is 24.6 Å². The van der Waals surface area contributed by atoms with E-state index in [0.717, 1.165) is 75.5 Å². The summed E-state index contributed by atoms with van der Waals surface area (Å²) in [6.45, 7) is 11.8. The van der Waals surface area contributed by atoms with Crippen LogP contribution in [-0.4, -0.2) is 47.4 Å². The van der Waals surface area contributed by atoms with Crippen molar-refractivity contribution < 1.29 is 34.1 Å². The van der Waals surface area contributed by atoms with E-state index in [1.54, 1.807) is 7.11 Å². The SMILES string of the molecule is CCC1CC(CC)C2C3CC(C(C(=O)O)C3C(=O)OC3(CC)CCCC3)C12.CCC1CC(CC)C2C3CC(C(COC)C3C(=O)O)C12. The molecule has 7 aliphatic carbocycles. The standard InChI is InChI=1S/C23H36O4.C17H28O3/c1-4-13-11-14(5-2)18-16-12-15(17(13)18)19(21(24)25)20(16)22(26)27-23(6-3)9-7-8-10-23;1-4-9-6-10(5-2)15-12-7-11(14(9)15)13(8-20-3)16(12)17(18)19/h13-20H,4-12H2,1-3H3,(H,24,25);9-16H,4-8H2,1-3H3,(H,18,19). The molecule has 7 saturated carbocycles. The second-order valence-electron chi connectivity index (χ2n) is 17.1. The Morgan fingerprint density at radius 3 is 1.47 bits per heavy atom. The zero-order valence-corrected chi connectivity index (χ0v) is 30.1. The highest BCUT2D eigenvalue weighted by Crippen LogP contribution is 2.69. The third-order valence-electron chi connectivity index (χ3n) is 15.9. The number of hydrogen-bond donors (Lipinski definition) is 2. The summed E-state index contributed by atoms with van der Waals surface area (Å²) < 4.78 is 11.5. The second-order valence-corrected chi connectivity index (χ2v) is 17.1. The molecular weight excluding hydrogens is 592 g/mol. The largest absolute Gasteiger partial charge is 0.481 e. The van der Waals surface area contributed by atoms with Gasteiger partial charge >= 0.3 is 17.9 Å². The van der Waals surface area contributed by atoms with Gasteiger partial charge in [-0.2, -0.15) is 0 Å². The van der Waals surface area contributed by atoms with E-state index >= 15 is 0 Å². The number of carbonyl (C=O) groups excluding carboxylic acids is 1. The third-order valence-corrected chi connectivity index (χ3v) is 15.9. The predicted octanol–water partition coefficient (Wildman–Crippen LogP) is 8.20. The van der Waals surface area contributed by atoms with Gasteiger partial charge in [-0.15, -0.1) is 0 Å². The zero-order valence-electron chi connectivity index (χ0n) is 30.1. The van der Waals surface area contributed by atoms with Crippen LogP contribution in [0, 0.1) is 94.7 Å². The topological polar surface area (TPSA) is 110 Å². The van der Waals surface area contributed by atoms with E-state index in [1.165, 1.54) is 25.7 Å². The van der Waals surface area contributed by atoms with Gasteiger partial charge in [0.15, 0.2) is 0 Å². The molecule has 0 aromatic carbocycles. The summed E-state index contributed by atoms with van der Waals surface area (Å²) in [5.74, 6) is 4.49. The van der Waals surface area contributed by atoms with Gasteiger partial charge in [0.25, 0.3) is 0 Å². The molecule has 0 amide bonds. The molecule has 0 aliphatic heterocycles. The van der Waals surface area contributed by atoms with Crippen LogP contribution < -0.4 is 0 Å². The molecule has 0 heterocycles. The molecule has 7 nitrogen and oxygen atoms in total. The molecule has 4 bridgehead atoms. The minimum atomic E-state index is -0.769. The van der Waals surface area contributed by atoms with Gasteiger partial charge in [-0.1, -0.05) is 60.3 Å². The molecule has 7 rings (SSSR count). The molecule has 16 unspecified atom stereocenters. The van der Waals surface area contributed by atoms with Crippen molar-refractivity contribution in [3.05, 3.63) is 0 Å². The molecule has 7 fully saturated rings. The highest BCUT2D eigenvalue weighted by molar-refractivity contribution is 5.83. The van der Waals surface area contributed by atoms with Crippen LogP contribution in [-0.2, 0) is 23.9 Å². The van der Waals surface area contributed by atoms with E-state index in [1.807, 2.05) is 0 Å². The fourth-order valence-electron chi connectivity index (χ4n) is 14.2. The summed E-state index contributed by atoms with van der Waals surface area (Å²) in [7, 11) is 1.71. The molecular formula is C40H64O7. The number of hydrogen-bond acceptors (Lipinski definition) is 5. The number of methoxy groups -OCH3 is 1. The van der Waals surface area contributed by atoms with Crippen molar-refractivity contribution in [2.75, 3.05) is 13.7 Å². The van der Waals surface area contributed by atoms with Gasteiger partial charge in [-0.25, -0.2) is 0 Å². The maximum absolute atomic E-state index is 13.3. The molecule has 0 aromatic rings. The first-order chi connectivity index (χ1) is 22.6. The lowest BCUT2D eigenvalue weighted by molar-refractivity contribution is -0.175. The van der Waals surface area contributed by atoms with E-state index in [4.69, 9.17) is 9.47 Å². The Balaban J connectivity index is 0.000000172. The summed E-state index contributed by atoms with van der Waals surface area (Å²) >= 11 is 0. The predicted molar refractivity (Wildman–Crippen MR) is 180 cm³/mol. The molecule has 0 aromatic heterocycles. The molecule has 47 heavy (non-hydrogen) atoms. The number of carboxylic acids is 2. The number of carboxylic acid groups (broad SMARTS) is 2. The molecule has 7 aliphatic rings. The van der Waals surface area contributed by atoms with Gasteiger partial charge in [0, 0.05) is 7.11 Å². The molecule has 0 spiro atoms. The summed E-state index contributed by atoms with van der Waals surface area (Å²) in [5, 5.41) is 19.7. The van der Waals surface area contributed by atoms with Crippen molar-refractivity contribution in [3.8, 4) is 0 Å². The number of carbonyl (C=O) groups is 3. The van der Waals surface area contributed by atoms with Crippen molar-refractivity contribution in [3.63, 3.8) is 0 Å². The van der Waals surface area contributed by atoms with Crippen LogP contribution in [0.1, 0.15) is 118 Å². The number of ether oxygens (including phenoxy) is 2. The molecule has 16 atom stereocenters. The zero-order chi connectivity index (χ0) is 33.8. The van der Waals surface area contributed by atoms with Gasteiger partial charge in [-0.05, 0) is 135 Å². The third kappa shape index (κ3) is 5.68. The van der Waals surface area contributed by atoms with E-state index in [2.05, 4.69) is 34.6 Å². The van der Waals surface area contributed by atoms with E-state index in [-0.39, 0.29) is 35.2 Å². The maximum atomic E-state index is 13.3. The molecule has 7 heteroatoms. The Hall–Kier alpha value is -1.63. The average Bonchev–Trinajstić information content (AvgIpc) is 3.90. The average molecular weight is 657 g/mol. The summed E-state index contributed by atoms with van der Waals surface area (Å²) in [4.78, 5) is 37.3. The van der Waals surface area contributed by atoms with Gasteiger partial charge in [0.1, 0.15) is 5.60 Å². The number of rotatable bonds is 11. The van der Waals surface area contributed by atoms with Crippen LogP contribution >= 0.6 is 0 Å². The van der Waals surface area contributed by atoms with Crippen LogP contribution in [0.2, 0.25) is 0 Å². The Bertz CT molecular complexity index is 1150. The van der Waals surface area contributed by atoms with E-state index in [0.29, 0.717) is 48.0 Å². The normalized spacial score (nSPS) is 46.6. The van der Waals surface area contributed by atoms with Gasteiger partial charge in [-0.3, -0.25) is 14.4 Å². The Morgan fingerprint density at radius 2 is 1.04 bits per heavy atom. The first-order valence-electron chi connectivity index (χ1n) is 19.8. The lowest BCUT2D eigenvalue weighted by atomic mass is 9.65. The van der Waals surface area contributed by atoms with Gasteiger partial charge < -0.3 is 19.7 Å². The molecule has 266 valence electrons. The number of fused-ring (bicyclic) bond motifs is 10. The van der Waals surface area contributed by atoms with Crippen LogP contribution in [0.4, 0.5) is 0 Å². The lowest BCUT2D eigenvalue weighted by Gasteiger charge is -2.40. The highest BCUT2D eigenvalue weighted by Gasteiger charge is 2.68. The van der Waals surface area contributed by atoms with Crippen molar-refractivity contribution >= 4 is 17.9 Å². The fourth-order valence-corrected chi connectivity index (χ4v) is 14.2. The molecule has 2 N–H and O–H groups in total. The fraction of sp³-hybridized carbons (Fsp3) is 0.925. The minimum Gasteiger partial charge on any atom is -0.481 e. The lowest BCUT2D eigenvalue weighted by Crippen LogP contribution is -2.46. The van der Waals surface area contributed by atoms with Crippen molar-refractivity contribution in [2.24, 2.45) is 94.7 Å². The monoisotopic (exact) mass is 656 g/mol. The van der Waals surface area contributed by atoms with Gasteiger partial charge in [0.05, 0.1) is 24.4 Å². The van der Waals surface area contributed by atoms with Crippen molar-refractivity contribution in [2.45, 2.75) is 124 Å². The quantitative estimate of drug-likeness (QED) is 0.216. The smallest absolute Gasteiger partial charge is 0.310 e. The maximum Gasteiger partial charge on any atom is 0.310 e. The highest BCUT2D eigenvalue weighted by atomic mass is 16.6. The van der Waals surface area contributed by atoms with Crippen LogP contribution in [0.15, 0.2) is 0 Å². The van der Waals surface area contributed by atoms with Crippen LogP contribution in [0.5, 0.6) is 0 Å². The van der Waals surface area contributed by atoms with Crippen molar-refractivity contribution in [1.29, 1.82) is 0 Å². The van der Waals surface area contributed by atoms with Gasteiger partial charge in [0.2, 0.25) is 0 Å². The van der Waals surface area contributed by atoms with Crippen LogP contribution in [0.3, 0.4) is 0 Å². The molecule has 0 radical (unpaired) electrons. The molecule has 0 saturated heterocycles. The Kier molecular flexibility index (Phi) is 10.4. The van der Waals surface area contributed by atoms with E-state index < -0.39 is 23.8 Å². The minimum absolute atomic E-state index is 0.147. The summed E-state index contributed by atoms with van der Waals surface area (Å²) in [5.41, 5.74) is -0.326. The first-order valence-corrected chi connectivity index (χ1v) is 19.8. The summed E-state index contributed by atoms with van der Waals surface area (Å²) in [6, 6.07) is 0. The summed E-state index contributed by atoms with van der Waals surface area (Å²) in [6.07, 6.45) is 14.4. The first kappa shape index (κ1) is 35.2. The number of aliphatic carboxylic acids is 2.